The van der Waals surface area contributed by atoms with Crippen molar-refractivity contribution in [2.45, 2.75) is 15.4 Å². The number of rotatable bonds is 7. The first kappa shape index (κ1) is 19.0. The molecule has 0 fully saturated rings. The highest BCUT2D eigenvalue weighted by atomic mass is 79.9. The monoisotopic (exact) mass is 433 g/mol. The molecule has 0 bridgehead atoms. The third-order valence-electron chi connectivity index (χ3n) is 2.34. The molecule has 0 saturated heterocycles. The average molecular weight is 434 g/mol. The van der Waals surface area contributed by atoms with Crippen molar-refractivity contribution in [3.05, 3.63) is 4.47 Å². The maximum Gasteiger partial charge on any atom is 0.277 e. The van der Waals surface area contributed by atoms with E-state index in [9.17, 15) is 4.79 Å². The predicted octanol–water partition coefficient (Wildman–Crippen LogP) is 4.34. The van der Waals surface area contributed by atoms with E-state index in [1.165, 1.54) is 35.7 Å². The number of nitrogens with zero attached hydrogens (tertiary/aromatic N) is 3. The van der Waals surface area contributed by atoms with Crippen molar-refractivity contribution < 1.29 is 4.79 Å². The van der Waals surface area contributed by atoms with Gasteiger partial charge in [-0.3, -0.25) is 4.79 Å². The van der Waals surface area contributed by atoms with Crippen molar-refractivity contribution in [2.75, 3.05) is 31.3 Å². The standard InChI is InChI=1S/C10H16BrN3OS5/c1-16-7-6(11)9(17-2)13(12-7)10(18-3)8(15)14(19-4)20-5/h10H,1-5H3. The van der Waals surface area contributed by atoms with Gasteiger partial charge in [-0.1, -0.05) is 0 Å². The SMILES string of the molecule is CSc1nn(C(SC)C(=O)N(SC)SC)c(SC)c1Br. The molecule has 0 radical (unpaired) electrons. The molecule has 1 unspecified atom stereocenters. The van der Waals surface area contributed by atoms with Gasteiger partial charge in [0, 0.05) is 12.5 Å². The van der Waals surface area contributed by atoms with Gasteiger partial charge in [-0.25, -0.2) is 8.39 Å². The van der Waals surface area contributed by atoms with Gasteiger partial charge in [0.1, 0.15) is 10.1 Å². The second-order valence-corrected chi connectivity index (χ2v) is 8.32. The third kappa shape index (κ3) is 4.01. The molecule has 0 aliphatic carbocycles. The summed E-state index contributed by atoms with van der Waals surface area (Å²) in [6, 6.07) is 0. The zero-order valence-electron chi connectivity index (χ0n) is 11.7. The molecule has 0 N–H and O–H groups in total. The molecule has 1 amide bonds. The summed E-state index contributed by atoms with van der Waals surface area (Å²) >= 11 is 11.0. The van der Waals surface area contributed by atoms with Crippen LogP contribution in [0, 0.1) is 0 Å². The van der Waals surface area contributed by atoms with Crippen LogP contribution in [0.25, 0.3) is 0 Å². The van der Waals surface area contributed by atoms with Crippen LogP contribution in [0.5, 0.6) is 0 Å². The van der Waals surface area contributed by atoms with Crippen molar-refractivity contribution in [1.29, 1.82) is 0 Å². The normalized spacial score (nSPS) is 12.5. The third-order valence-corrected chi connectivity index (χ3v) is 7.83. The van der Waals surface area contributed by atoms with Gasteiger partial charge in [0.25, 0.3) is 5.91 Å². The van der Waals surface area contributed by atoms with Crippen molar-refractivity contribution >= 4 is 81.0 Å². The zero-order valence-corrected chi connectivity index (χ0v) is 17.4. The van der Waals surface area contributed by atoms with E-state index in [4.69, 9.17) is 0 Å². The van der Waals surface area contributed by atoms with Crippen LogP contribution in [0.3, 0.4) is 0 Å². The van der Waals surface area contributed by atoms with Gasteiger partial charge in [-0.05, 0) is 58.6 Å². The van der Waals surface area contributed by atoms with Crippen molar-refractivity contribution in [3.8, 4) is 0 Å². The molecule has 1 aromatic heterocycles. The molecule has 1 rings (SSSR count). The molecule has 114 valence electrons. The summed E-state index contributed by atoms with van der Waals surface area (Å²) in [4.78, 5) is 12.6. The Morgan fingerprint density at radius 2 is 1.80 bits per heavy atom. The summed E-state index contributed by atoms with van der Waals surface area (Å²) in [6.07, 6.45) is 9.69. The summed E-state index contributed by atoms with van der Waals surface area (Å²) in [5.41, 5.74) is 0. The highest BCUT2D eigenvalue weighted by Gasteiger charge is 2.29. The van der Waals surface area contributed by atoms with E-state index in [1.807, 2.05) is 36.0 Å². The Morgan fingerprint density at radius 1 is 1.20 bits per heavy atom. The highest BCUT2D eigenvalue weighted by Crippen LogP contribution is 2.39. The van der Waals surface area contributed by atoms with Crippen molar-refractivity contribution in [3.63, 3.8) is 0 Å². The molecule has 4 nitrogen and oxygen atoms in total. The molecular weight excluding hydrogens is 418 g/mol. The van der Waals surface area contributed by atoms with E-state index in [-0.39, 0.29) is 11.3 Å². The van der Waals surface area contributed by atoms with Crippen LogP contribution in [0.2, 0.25) is 0 Å². The molecule has 0 aliphatic rings. The van der Waals surface area contributed by atoms with Gasteiger partial charge >= 0.3 is 0 Å². The number of carbonyl (C=O) groups excluding carboxylic acids is 1. The minimum atomic E-state index is -0.352. The molecule has 0 aliphatic heterocycles. The summed E-state index contributed by atoms with van der Waals surface area (Å²) in [5, 5.41) is 6.09. The number of aromatic nitrogens is 2. The van der Waals surface area contributed by atoms with E-state index >= 15 is 0 Å². The fourth-order valence-electron chi connectivity index (χ4n) is 1.50. The minimum Gasteiger partial charge on any atom is -0.269 e. The summed E-state index contributed by atoms with van der Waals surface area (Å²) in [5.74, 6) is 0.0375. The molecule has 20 heavy (non-hydrogen) atoms. The first-order valence-electron chi connectivity index (χ1n) is 5.36. The van der Waals surface area contributed by atoms with Crippen LogP contribution >= 0.6 is 75.1 Å². The Kier molecular flexibility index (Phi) is 8.66. The first-order valence-corrected chi connectivity index (χ1v) is 12.3. The van der Waals surface area contributed by atoms with E-state index < -0.39 is 0 Å². The maximum atomic E-state index is 12.6. The predicted molar refractivity (Wildman–Crippen MR) is 99.9 cm³/mol. The first-order chi connectivity index (χ1) is 9.55. The molecule has 10 heteroatoms. The van der Waals surface area contributed by atoms with Crippen LogP contribution in [-0.2, 0) is 4.79 Å². The molecule has 0 aromatic carbocycles. The van der Waals surface area contributed by atoms with Crippen LogP contribution < -0.4 is 0 Å². The number of hydrogen-bond acceptors (Lipinski definition) is 7. The van der Waals surface area contributed by atoms with Gasteiger partial charge in [-0.2, -0.15) is 5.10 Å². The Bertz CT molecular complexity index is 466. The van der Waals surface area contributed by atoms with Crippen LogP contribution in [0.15, 0.2) is 14.5 Å². The van der Waals surface area contributed by atoms with Gasteiger partial charge in [0.15, 0.2) is 5.37 Å². The van der Waals surface area contributed by atoms with Gasteiger partial charge in [-0.15, -0.1) is 35.3 Å². The Hall–Kier alpha value is 0.910. The average Bonchev–Trinajstić information content (AvgIpc) is 2.77. The molecular formula is C10H16BrN3OS5. The number of hydrogen-bond donors (Lipinski definition) is 0. The smallest absolute Gasteiger partial charge is 0.269 e. The van der Waals surface area contributed by atoms with Crippen molar-refractivity contribution in [2.24, 2.45) is 0 Å². The second kappa shape index (κ2) is 9.14. The fraction of sp³-hybridized carbons (Fsp3) is 0.600. The lowest BCUT2D eigenvalue weighted by molar-refractivity contribution is -0.123. The second-order valence-electron chi connectivity index (χ2n) is 3.33. The van der Waals surface area contributed by atoms with Gasteiger partial charge < -0.3 is 0 Å². The summed E-state index contributed by atoms with van der Waals surface area (Å²) in [7, 11) is 0. The topological polar surface area (TPSA) is 38.1 Å². The maximum absolute atomic E-state index is 12.6. The van der Waals surface area contributed by atoms with E-state index in [1.54, 1.807) is 27.2 Å². The van der Waals surface area contributed by atoms with Crippen molar-refractivity contribution in [1.82, 2.24) is 13.5 Å². The summed E-state index contributed by atoms with van der Waals surface area (Å²) < 4.78 is 4.45. The molecule has 1 aromatic rings. The molecule has 0 spiro atoms. The lowest BCUT2D eigenvalue weighted by atomic mass is 10.6. The molecule has 1 atom stereocenters. The Balaban J connectivity index is 3.21. The van der Waals surface area contributed by atoms with Gasteiger partial charge in [0.2, 0.25) is 0 Å². The zero-order chi connectivity index (χ0) is 15.3. The minimum absolute atomic E-state index is 0.0375. The Labute approximate surface area is 149 Å². The number of carbonyl (C=O) groups is 1. The van der Waals surface area contributed by atoms with Crippen LogP contribution in [0.1, 0.15) is 5.37 Å². The van der Waals surface area contributed by atoms with Crippen LogP contribution in [-0.4, -0.2) is 50.7 Å². The molecule has 0 saturated carbocycles. The number of amides is 1. The highest BCUT2D eigenvalue weighted by molar-refractivity contribution is 9.10. The van der Waals surface area contributed by atoms with Gasteiger partial charge in [0.05, 0.1) is 4.47 Å². The van der Waals surface area contributed by atoms with E-state index in [0.29, 0.717) is 0 Å². The Morgan fingerprint density at radius 3 is 2.20 bits per heavy atom. The number of halogens is 1. The fourth-order valence-corrected chi connectivity index (χ4v) is 5.87. The van der Waals surface area contributed by atoms with E-state index in [0.717, 1.165) is 14.5 Å². The van der Waals surface area contributed by atoms with Crippen LogP contribution in [0.4, 0.5) is 0 Å². The number of thioether (sulfide) groups is 3. The lowest BCUT2D eigenvalue weighted by Crippen LogP contribution is -2.27. The van der Waals surface area contributed by atoms with E-state index in [2.05, 4.69) is 21.0 Å². The largest absolute Gasteiger partial charge is 0.277 e. The lowest BCUT2D eigenvalue weighted by Gasteiger charge is -2.22. The summed E-state index contributed by atoms with van der Waals surface area (Å²) in [6.45, 7) is 0. The quantitative estimate of drug-likeness (QED) is 0.467. The molecule has 1 heterocycles.